The van der Waals surface area contributed by atoms with Gasteiger partial charge in [0.25, 0.3) is 23.1 Å². The van der Waals surface area contributed by atoms with Crippen LogP contribution in [0.3, 0.4) is 0 Å². The second kappa shape index (κ2) is 29.7. The molecule has 0 fully saturated rings. The number of nitriles is 1. The van der Waals surface area contributed by atoms with Crippen molar-refractivity contribution in [3.63, 3.8) is 0 Å². The topological polar surface area (TPSA) is 413 Å². The Bertz CT molecular complexity index is 5000. The van der Waals surface area contributed by atoms with Crippen LogP contribution in [0.5, 0.6) is 23.5 Å². The number of hydrogen-bond donors (Lipinski definition) is 5. The van der Waals surface area contributed by atoms with Gasteiger partial charge in [-0.15, -0.1) is 10.2 Å². The lowest BCUT2D eigenvalue weighted by Crippen LogP contribution is -2.05. The van der Waals surface area contributed by atoms with Gasteiger partial charge in [-0.25, -0.2) is 44.9 Å². The number of nitrogens with two attached hydrogens (primary N) is 3. The summed E-state index contributed by atoms with van der Waals surface area (Å²) >= 11 is 25.6. The van der Waals surface area contributed by atoms with Gasteiger partial charge in [0.1, 0.15) is 73.4 Å². The van der Waals surface area contributed by atoms with E-state index in [0.29, 0.717) is 99.7 Å². The van der Waals surface area contributed by atoms with E-state index in [-0.39, 0.29) is 40.5 Å². The van der Waals surface area contributed by atoms with Crippen LogP contribution in [0.2, 0.25) is 20.2 Å². The van der Waals surface area contributed by atoms with E-state index in [9.17, 15) is 4.79 Å². The molecule has 0 spiro atoms. The summed E-state index contributed by atoms with van der Waals surface area (Å²) in [6.07, 6.45) is 9.27. The molecule has 13 rings (SSSR count). The third-order valence-electron chi connectivity index (χ3n) is 11.7. The molecule has 0 saturated carbocycles. The first-order chi connectivity index (χ1) is 43.5. The molecule has 0 atom stereocenters. The number of ether oxygens (including phenoxy) is 2. The second-order valence-corrected chi connectivity index (χ2v) is 21.1. The molecule has 91 heavy (non-hydrogen) atoms. The zero-order chi connectivity index (χ0) is 65.6. The highest BCUT2D eigenvalue weighted by molar-refractivity contribution is 14.1. The molecule has 0 bridgehead atoms. The molecule has 0 radical (unpaired) electrons. The normalized spacial score (nSPS) is 10.3. The standard InChI is InChI=1S/C17H14N10O.C13H9ClN6O.C7H5ClIN3.C7H6ClN3O.C6H4ClN3.C4H6N4/c1-9-4-12(19-2)25-26-17(9)28-14-5-10(15-16(24-14)27(3)8-22-15)23-13-6-11(18)20-7-21-13;1-7-3-8(5-15)18-19-13(7)21-10-4-9(14)11-12(17-10)20(2)6-16-11;1-12-3-10-6-4(8)2-5(9)11-7(6)12;1-11-3-9-6-4(8)2-5(12)10-7(6)11;1-4-3-5(8-2)9-10-6(4)7;5-3-1-4(6)8-2-7-3/h4-8H,1,3H3,(H3,18,20,21,23,24);3-4,6H,1-2H3;2-3H,1H3;2-3H,1H3,(H,10,12);3H,1H3;1-2H,(H4,5,6,7,8). The number of anilines is 5. The summed E-state index contributed by atoms with van der Waals surface area (Å²) < 4.78 is 19.4. The number of imidazole rings is 4. The van der Waals surface area contributed by atoms with E-state index in [2.05, 4.69) is 128 Å². The third kappa shape index (κ3) is 16.9. The molecule has 13 aromatic rings. The number of rotatable bonds is 6. The van der Waals surface area contributed by atoms with E-state index in [1.165, 1.54) is 24.8 Å². The molecule has 0 aliphatic carbocycles. The number of aromatic amines is 1. The van der Waals surface area contributed by atoms with Crippen molar-refractivity contribution >= 4 is 154 Å². The molecule has 0 saturated heterocycles. The Labute approximate surface area is 547 Å². The molecule has 37 heteroatoms. The summed E-state index contributed by atoms with van der Waals surface area (Å²) in [4.78, 5) is 65.0. The predicted molar refractivity (Wildman–Crippen MR) is 348 cm³/mol. The highest BCUT2D eigenvalue weighted by atomic mass is 127. The lowest BCUT2D eigenvalue weighted by molar-refractivity contribution is 0.434. The van der Waals surface area contributed by atoms with Gasteiger partial charge < -0.3 is 64.9 Å². The van der Waals surface area contributed by atoms with E-state index < -0.39 is 0 Å². The van der Waals surface area contributed by atoms with Crippen LogP contribution < -0.4 is 37.6 Å². The summed E-state index contributed by atoms with van der Waals surface area (Å²) in [7, 11) is 7.33. The number of nitrogens with one attached hydrogen (secondary N) is 2. The van der Waals surface area contributed by atoms with E-state index in [0.717, 1.165) is 20.4 Å². The van der Waals surface area contributed by atoms with Gasteiger partial charge in [0, 0.05) is 74.7 Å². The van der Waals surface area contributed by atoms with Crippen molar-refractivity contribution in [1.29, 1.82) is 5.26 Å². The number of H-pyrrole nitrogens is 1. The van der Waals surface area contributed by atoms with Crippen LogP contribution in [-0.4, -0.2) is 109 Å². The van der Waals surface area contributed by atoms with Crippen molar-refractivity contribution in [2.24, 2.45) is 28.2 Å². The van der Waals surface area contributed by atoms with Crippen LogP contribution in [0.4, 0.5) is 40.6 Å². The van der Waals surface area contributed by atoms with Crippen LogP contribution in [0, 0.1) is 48.9 Å². The minimum absolute atomic E-state index is 0.198. The monoisotopic (exact) mass is 1410 g/mol. The molecule has 0 aromatic carbocycles. The Morgan fingerprint density at radius 1 is 0.560 bits per heavy atom. The van der Waals surface area contributed by atoms with Gasteiger partial charge in [0.15, 0.2) is 27.8 Å². The Balaban J connectivity index is 0.000000149. The van der Waals surface area contributed by atoms with Crippen molar-refractivity contribution < 1.29 is 9.47 Å². The van der Waals surface area contributed by atoms with Crippen LogP contribution in [0.1, 0.15) is 22.4 Å². The predicted octanol–water partition coefficient (Wildman–Crippen LogP) is 9.68. The van der Waals surface area contributed by atoms with Gasteiger partial charge in [-0.1, -0.05) is 59.5 Å². The molecule has 32 nitrogen and oxygen atoms in total. The zero-order valence-electron chi connectivity index (χ0n) is 48.2. The molecular formula is C54H44Cl4IN29O3. The van der Waals surface area contributed by atoms with Crippen LogP contribution >= 0.6 is 69.0 Å². The fourth-order valence-electron chi connectivity index (χ4n) is 7.35. The molecule has 0 amide bonds. The first-order valence-corrected chi connectivity index (χ1v) is 28.1. The third-order valence-corrected chi connectivity index (χ3v) is 13.5. The number of hydrogen-bond acceptors (Lipinski definition) is 25. The van der Waals surface area contributed by atoms with Crippen LogP contribution in [-0.2, 0) is 28.2 Å². The Morgan fingerprint density at radius 2 is 1.04 bits per heavy atom. The smallest absolute Gasteiger partial charge is 0.296 e. The summed E-state index contributed by atoms with van der Waals surface area (Å²) in [6.45, 7) is 18.9. The summed E-state index contributed by atoms with van der Waals surface area (Å²) in [5, 5.41) is 36.2. The van der Waals surface area contributed by atoms with Crippen molar-refractivity contribution in [1.82, 2.24) is 109 Å². The fourth-order valence-corrected chi connectivity index (χ4v) is 8.87. The van der Waals surface area contributed by atoms with E-state index in [1.54, 1.807) is 109 Å². The van der Waals surface area contributed by atoms with Gasteiger partial charge in [-0.3, -0.25) is 4.79 Å². The van der Waals surface area contributed by atoms with E-state index in [4.69, 9.17) is 91.5 Å². The number of aryl methyl sites for hydroxylation is 7. The minimum Gasteiger partial charge on any atom is -0.419 e. The summed E-state index contributed by atoms with van der Waals surface area (Å²) in [5.74, 6) is 3.24. The number of nitrogen functional groups attached to an aromatic ring is 3. The average molecular weight is 1420 g/mol. The van der Waals surface area contributed by atoms with Crippen LogP contribution in [0.25, 0.3) is 54.3 Å². The number of fused-ring (bicyclic) bond motifs is 4. The average Bonchev–Trinajstić information content (AvgIpc) is 2.42. The van der Waals surface area contributed by atoms with E-state index >= 15 is 0 Å². The molecule has 0 unspecified atom stereocenters. The number of aromatic nitrogens is 22. The Kier molecular flexibility index (Phi) is 21.5. The lowest BCUT2D eigenvalue weighted by Gasteiger charge is -2.10. The maximum Gasteiger partial charge on any atom is 0.296 e. The maximum absolute atomic E-state index is 11.0. The quantitative estimate of drug-likeness (QED) is 0.0587. The first kappa shape index (κ1) is 65.8. The highest BCUT2D eigenvalue weighted by Crippen LogP contribution is 2.32. The lowest BCUT2D eigenvalue weighted by atomic mass is 10.3. The van der Waals surface area contributed by atoms with Crippen molar-refractivity contribution in [2.75, 3.05) is 22.5 Å². The molecule has 13 aromatic heterocycles. The largest absolute Gasteiger partial charge is 0.419 e. The van der Waals surface area contributed by atoms with E-state index in [1.807, 2.05) is 31.8 Å². The highest BCUT2D eigenvalue weighted by Gasteiger charge is 2.17. The molecule has 0 aliphatic heterocycles. The Hall–Kier alpha value is -11.2. The van der Waals surface area contributed by atoms with Crippen molar-refractivity contribution in [3.8, 4) is 29.6 Å². The second-order valence-electron chi connectivity index (χ2n) is 18.4. The minimum atomic E-state index is -0.212. The zero-order valence-corrected chi connectivity index (χ0v) is 53.4. The molecule has 0 aliphatic rings. The van der Waals surface area contributed by atoms with Crippen LogP contribution in [0.15, 0.2) is 97.4 Å². The van der Waals surface area contributed by atoms with Gasteiger partial charge >= 0.3 is 0 Å². The molecule has 13 heterocycles. The van der Waals surface area contributed by atoms with Gasteiger partial charge in [0.2, 0.25) is 17.6 Å². The van der Waals surface area contributed by atoms with Crippen molar-refractivity contribution in [2.45, 2.75) is 20.8 Å². The van der Waals surface area contributed by atoms with Gasteiger partial charge in [-0.2, -0.15) is 15.2 Å². The number of nitrogens with zero attached hydrogens (tertiary/aromatic N) is 24. The Morgan fingerprint density at radius 3 is 1.59 bits per heavy atom. The maximum atomic E-state index is 11.0. The number of pyridine rings is 4. The fraction of sp³-hybridized carbons (Fsp3) is 0.130. The molecule has 8 N–H and O–H groups in total. The molecule has 458 valence electrons. The van der Waals surface area contributed by atoms with Gasteiger partial charge in [0.05, 0.1) is 46.1 Å². The van der Waals surface area contributed by atoms with Gasteiger partial charge in [-0.05, 0) is 88.5 Å². The summed E-state index contributed by atoms with van der Waals surface area (Å²) in [6, 6.07) is 16.2. The number of halogens is 5. The SMILES string of the molecule is Cc1cc(C#N)nnc1Oc1cc(Cl)c2ncn(C)c2n1.Cn1cnc2c(Cl)cc(=O)[nH]c21.Cn1cnc2c(Cl)cc(I)nc21.Nc1cc(N)ncn1.[C-]#[N+]c1cc(C)c(Cl)nn1.[C-]#[N+]c1cc(C)c(Oc2cc(Nc3cc(N)ncn3)c3ncn(C)c3n2)nn1. The summed E-state index contributed by atoms with van der Waals surface area (Å²) in [5.41, 5.74) is 24.3. The molecular weight excluding hydrogens is 1370 g/mol. The first-order valence-electron chi connectivity index (χ1n) is 25.5. The van der Waals surface area contributed by atoms with Crippen molar-refractivity contribution in [3.05, 3.63) is 172 Å².